The maximum atomic E-state index is 15.0. The predicted octanol–water partition coefficient (Wildman–Crippen LogP) is 4.40. The zero-order valence-corrected chi connectivity index (χ0v) is 23.7. The molecule has 3 heterocycles. The van der Waals surface area contributed by atoms with Crippen molar-refractivity contribution < 1.29 is 57.5 Å². The molecule has 240 valence electrons. The summed E-state index contributed by atoms with van der Waals surface area (Å²) in [5, 5.41) is 0. The molecule has 0 aliphatic carbocycles. The van der Waals surface area contributed by atoms with E-state index in [1.54, 1.807) is 0 Å². The maximum absolute atomic E-state index is 15.0. The van der Waals surface area contributed by atoms with Crippen LogP contribution in [0.1, 0.15) is 24.0 Å². The Morgan fingerprint density at radius 2 is 1.61 bits per heavy atom. The van der Waals surface area contributed by atoms with Crippen molar-refractivity contribution in [2.75, 3.05) is 32.1 Å². The highest BCUT2D eigenvalue weighted by atomic mass is 32.2. The molecule has 4 atom stereocenters. The Balaban J connectivity index is 1.72. The number of likely N-dealkylation sites (tertiary alicyclic amines) is 2. The number of carbonyl (C=O) groups is 2. The van der Waals surface area contributed by atoms with Crippen LogP contribution in [0.15, 0.2) is 47.4 Å². The summed E-state index contributed by atoms with van der Waals surface area (Å²) in [6.45, 7) is -0.821. The standard InChI is InChI=1S/C27H24F9N3O4S/c1-37-13-21-24(44(42,43)16-5-3-4-15(28)11-16,8-9-39(21)23(41)20-12-18(29)22(40)38(20)2)17-7-6-14(10-19(17)37)25(30,26(31,32)33)27(34,35)36/h3-7,10-11,18,20-21H,8-9,12-13H2,1-2H3/t18-,20-,21?,24?/m0/s1. The number of likely N-dealkylation sites (N-methyl/N-ethyl adjacent to an activating group) is 2. The van der Waals surface area contributed by atoms with Crippen molar-refractivity contribution in [3.8, 4) is 0 Å². The Hall–Kier alpha value is -3.50. The van der Waals surface area contributed by atoms with Crippen molar-refractivity contribution in [2.45, 2.75) is 58.8 Å². The Morgan fingerprint density at radius 1 is 0.977 bits per heavy atom. The van der Waals surface area contributed by atoms with Gasteiger partial charge < -0.3 is 14.7 Å². The van der Waals surface area contributed by atoms with Crippen molar-refractivity contribution in [1.29, 1.82) is 0 Å². The Morgan fingerprint density at radius 3 is 2.16 bits per heavy atom. The van der Waals surface area contributed by atoms with Crippen molar-refractivity contribution in [1.82, 2.24) is 9.80 Å². The van der Waals surface area contributed by atoms with Gasteiger partial charge in [-0.05, 0) is 36.2 Å². The van der Waals surface area contributed by atoms with E-state index in [9.17, 15) is 53.1 Å². The third-order valence-electron chi connectivity index (χ3n) is 8.80. The van der Waals surface area contributed by atoms with E-state index in [0.717, 1.165) is 32.9 Å². The molecule has 0 spiro atoms. The van der Waals surface area contributed by atoms with Crippen LogP contribution in [0.3, 0.4) is 0 Å². The van der Waals surface area contributed by atoms with Gasteiger partial charge in [0.05, 0.1) is 10.9 Å². The molecule has 2 fully saturated rings. The van der Waals surface area contributed by atoms with Crippen LogP contribution >= 0.6 is 0 Å². The van der Waals surface area contributed by atoms with Gasteiger partial charge in [-0.1, -0.05) is 18.2 Å². The number of halogens is 9. The van der Waals surface area contributed by atoms with Gasteiger partial charge in [-0.15, -0.1) is 0 Å². The zero-order chi connectivity index (χ0) is 32.8. The topological polar surface area (TPSA) is 78.0 Å². The van der Waals surface area contributed by atoms with E-state index in [2.05, 4.69) is 0 Å². The quantitative estimate of drug-likeness (QED) is 0.456. The van der Waals surface area contributed by atoms with Gasteiger partial charge in [0.1, 0.15) is 16.6 Å². The minimum atomic E-state index is -6.43. The summed E-state index contributed by atoms with van der Waals surface area (Å²) < 4.78 is 152. The molecule has 0 N–H and O–H groups in total. The molecule has 2 saturated heterocycles. The molecular weight excluding hydrogens is 633 g/mol. The number of rotatable bonds is 4. The lowest BCUT2D eigenvalue weighted by Crippen LogP contribution is -2.59. The van der Waals surface area contributed by atoms with Gasteiger partial charge in [-0.2, -0.15) is 26.3 Å². The van der Waals surface area contributed by atoms with Gasteiger partial charge in [0.15, 0.2) is 16.0 Å². The number of hydrogen-bond donors (Lipinski definition) is 0. The largest absolute Gasteiger partial charge is 0.435 e. The van der Waals surface area contributed by atoms with E-state index >= 15 is 4.39 Å². The lowest BCUT2D eigenvalue weighted by atomic mass is 9.82. The van der Waals surface area contributed by atoms with Gasteiger partial charge in [-0.3, -0.25) is 9.59 Å². The molecule has 2 unspecified atom stereocenters. The Kier molecular flexibility index (Phi) is 7.26. The van der Waals surface area contributed by atoms with Crippen LogP contribution in [0.25, 0.3) is 0 Å². The van der Waals surface area contributed by atoms with Crippen LogP contribution in [0.4, 0.5) is 45.2 Å². The van der Waals surface area contributed by atoms with Crippen LogP contribution < -0.4 is 4.90 Å². The molecule has 0 aromatic heterocycles. The lowest BCUT2D eigenvalue weighted by molar-refractivity contribution is -0.348. The highest BCUT2D eigenvalue weighted by Crippen LogP contribution is 2.57. The molecule has 0 saturated carbocycles. The van der Waals surface area contributed by atoms with Crippen molar-refractivity contribution in [2.24, 2.45) is 0 Å². The number of hydrogen-bond acceptors (Lipinski definition) is 5. The molecule has 2 aromatic carbocycles. The maximum Gasteiger partial charge on any atom is 0.435 e. The van der Waals surface area contributed by atoms with E-state index in [1.807, 2.05) is 0 Å². The van der Waals surface area contributed by atoms with Crippen LogP contribution in [-0.2, 0) is 29.8 Å². The fourth-order valence-electron chi connectivity index (χ4n) is 6.54. The minimum Gasteiger partial charge on any atom is -0.372 e. The molecule has 0 radical (unpaired) electrons. The summed E-state index contributed by atoms with van der Waals surface area (Å²) in [6.07, 6.45) is -15.8. The molecule has 3 aliphatic rings. The highest BCUT2D eigenvalue weighted by Gasteiger charge is 2.74. The van der Waals surface area contributed by atoms with E-state index < -0.39 is 104 Å². The van der Waals surface area contributed by atoms with Gasteiger partial charge in [0, 0.05) is 44.9 Å². The first-order valence-corrected chi connectivity index (χ1v) is 14.6. The number of nitrogens with zero attached hydrogens (tertiary/aromatic N) is 3. The van der Waals surface area contributed by atoms with Gasteiger partial charge in [0.2, 0.25) is 5.91 Å². The van der Waals surface area contributed by atoms with E-state index in [4.69, 9.17) is 0 Å². The number of carbonyl (C=O) groups excluding carboxylic acids is 2. The molecule has 3 aliphatic heterocycles. The highest BCUT2D eigenvalue weighted by molar-refractivity contribution is 7.92. The average Bonchev–Trinajstić information content (AvgIpc) is 3.45. The fraction of sp³-hybridized carbons (Fsp3) is 0.481. The number of amides is 2. The summed E-state index contributed by atoms with van der Waals surface area (Å²) in [7, 11) is -2.42. The molecular formula is C27H24F9N3O4S. The lowest BCUT2D eigenvalue weighted by Gasteiger charge is -2.47. The zero-order valence-electron chi connectivity index (χ0n) is 22.9. The first-order chi connectivity index (χ1) is 20.2. The number of alkyl halides is 8. The number of anilines is 1. The number of fused-ring (bicyclic) bond motifs is 3. The van der Waals surface area contributed by atoms with Crippen molar-refractivity contribution >= 4 is 27.3 Å². The molecule has 7 nitrogen and oxygen atoms in total. The molecule has 2 amide bonds. The molecule has 0 bridgehead atoms. The first kappa shape index (κ1) is 31.9. The van der Waals surface area contributed by atoms with Crippen LogP contribution in [0.2, 0.25) is 0 Å². The first-order valence-electron chi connectivity index (χ1n) is 13.1. The van der Waals surface area contributed by atoms with Crippen molar-refractivity contribution in [3.05, 3.63) is 59.4 Å². The minimum absolute atomic E-state index is 0.195. The monoisotopic (exact) mass is 657 g/mol. The summed E-state index contributed by atoms with van der Waals surface area (Å²) in [4.78, 5) is 28.2. The smallest absolute Gasteiger partial charge is 0.372 e. The van der Waals surface area contributed by atoms with Crippen molar-refractivity contribution in [3.63, 3.8) is 0 Å². The van der Waals surface area contributed by atoms with Gasteiger partial charge >= 0.3 is 18.0 Å². The third kappa shape index (κ3) is 4.28. The predicted molar refractivity (Wildman–Crippen MR) is 136 cm³/mol. The van der Waals surface area contributed by atoms with E-state index in [0.29, 0.717) is 12.1 Å². The summed E-state index contributed by atoms with van der Waals surface area (Å²) >= 11 is 0. The molecule has 17 heteroatoms. The number of benzene rings is 2. The van der Waals surface area contributed by atoms with Crippen LogP contribution in [0.5, 0.6) is 0 Å². The van der Waals surface area contributed by atoms with Gasteiger partial charge in [-0.25, -0.2) is 21.6 Å². The van der Waals surface area contributed by atoms with Crippen LogP contribution in [0, 0.1) is 5.82 Å². The second-order valence-corrected chi connectivity index (χ2v) is 13.3. The third-order valence-corrected chi connectivity index (χ3v) is 11.3. The fourth-order valence-corrected chi connectivity index (χ4v) is 8.87. The number of sulfone groups is 1. The van der Waals surface area contributed by atoms with Crippen LogP contribution in [-0.4, -0.2) is 87.8 Å². The Bertz CT molecular complexity index is 1620. The summed E-state index contributed by atoms with van der Waals surface area (Å²) in [5.41, 5.74) is -8.47. The van der Waals surface area contributed by atoms with E-state index in [-0.39, 0.29) is 24.2 Å². The van der Waals surface area contributed by atoms with Gasteiger partial charge in [0.25, 0.3) is 5.91 Å². The Labute approximate surface area is 245 Å². The van der Waals surface area contributed by atoms with E-state index in [1.165, 1.54) is 14.1 Å². The normalized spacial score (nSPS) is 26.2. The second kappa shape index (κ2) is 10.0. The summed E-state index contributed by atoms with van der Waals surface area (Å²) in [5.74, 6) is -2.76. The molecule has 2 aromatic rings. The second-order valence-electron chi connectivity index (χ2n) is 11.1. The molecule has 5 rings (SSSR count). The average molecular weight is 658 g/mol. The summed E-state index contributed by atoms with van der Waals surface area (Å²) in [6, 6.07) is 2.16. The molecule has 44 heavy (non-hydrogen) atoms. The SMILES string of the molecule is CN1CC2N(C(=O)[C@@H]3C[C@H](F)C(=O)N3C)CCC2(S(=O)(=O)c2cccc(F)c2)c2ccc(C(F)(C(F)(F)F)C(F)(F)F)cc21.